The van der Waals surface area contributed by atoms with Gasteiger partial charge in [-0.15, -0.1) is 10.9 Å². The Balaban J connectivity index is 2.22. The van der Waals surface area contributed by atoms with Gasteiger partial charge in [-0.25, -0.2) is 13.7 Å². The highest BCUT2D eigenvalue weighted by Crippen LogP contribution is 2.25. The summed E-state index contributed by atoms with van der Waals surface area (Å²) in [5.41, 5.74) is 0. The van der Waals surface area contributed by atoms with Gasteiger partial charge < -0.3 is 5.32 Å². The third kappa shape index (κ3) is 4.57. The molecule has 17 heavy (non-hydrogen) atoms. The van der Waals surface area contributed by atoms with E-state index in [0.29, 0.717) is 25.1 Å². The first-order valence-electron chi connectivity index (χ1n) is 5.27. The topological polar surface area (TPSA) is 84.9 Å². The van der Waals surface area contributed by atoms with Crippen molar-refractivity contribution >= 4 is 21.9 Å². The van der Waals surface area contributed by atoms with Gasteiger partial charge >= 0.3 is 0 Å². The summed E-state index contributed by atoms with van der Waals surface area (Å²) >= 11 is 0.948. The maximum atomic E-state index is 11.5. The van der Waals surface area contributed by atoms with Crippen LogP contribution in [0.1, 0.15) is 12.8 Å². The number of nitrogens with one attached hydrogen (secondary N) is 1. The molecule has 0 aliphatic carbocycles. The van der Waals surface area contributed by atoms with Crippen LogP contribution < -0.4 is 5.32 Å². The van der Waals surface area contributed by atoms with E-state index in [1.807, 2.05) is 0 Å². The van der Waals surface area contributed by atoms with E-state index >= 15 is 0 Å². The van der Waals surface area contributed by atoms with Crippen LogP contribution in [0.15, 0.2) is 12.7 Å². The van der Waals surface area contributed by atoms with E-state index in [1.54, 1.807) is 6.08 Å². The van der Waals surface area contributed by atoms with Crippen molar-refractivity contribution in [1.29, 1.82) is 0 Å². The number of hydrogen-bond acceptors (Lipinski definition) is 7. The Morgan fingerprint density at radius 1 is 1.59 bits per heavy atom. The Labute approximate surface area is 105 Å². The summed E-state index contributed by atoms with van der Waals surface area (Å²) in [5, 5.41) is 14.1. The molecule has 1 heterocycles. The molecule has 2 atom stereocenters. The van der Waals surface area contributed by atoms with Crippen LogP contribution in [-0.2, 0) is 19.2 Å². The van der Waals surface area contributed by atoms with Crippen LogP contribution >= 0.6 is 12.0 Å². The maximum Gasteiger partial charge on any atom is 0.156 e. The average molecular weight is 283 g/mol. The summed E-state index contributed by atoms with van der Waals surface area (Å²) in [6.45, 7) is 4.18. The fourth-order valence-electron chi connectivity index (χ4n) is 1.80. The van der Waals surface area contributed by atoms with Gasteiger partial charge in [-0.1, -0.05) is 11.1 Å². The number of hydrogen-bond donors (Lipinski definition) is 2. The third-order valence-corrected chi connectivity index (χ3v) is 5.49. The second kappa shape index (κ2) is 7.34. The molecule has 0 amide bonds. The summed E-state index contributed by atoms with van der Waals surface area (Å²) < 4.78 is 27.2. The van der Waals surface area contributed by atoms with E-state index in [-0.39, 0.29) is 17.0 Å². The van der Waals surface area contributed by atoms with Crippen LogP contribution in [0.5, 0.6) is 0 Å². The van der Waals surface area contributed by atoms with Crippen molar-refractivity contribution in [3.8, 4) is 0 Å². The first-order valence-corrected chi connectivity index (χ1v) is 7.90. The zero-order chi connectivity index (χ0) is 12.7. The molecule has 1 fully saturated rings. The van der Waals surface area contributed by atoms with Crippen LogP contribution in [0.2, 0.25) is 0 Å². The molecule has 2 unspecified atom stereocenters. The zero-order valence-corrected chi connectivity index (χ0v) is 11.0. The lowest BCUT2D eigenvalue weighted by atomic mass is 10.1. The Morgan fingerprint density at radius 3 is 2.94 bits per heavy atom. The van der Waals surface area contributed by atoms with Crippen molar-refractivity contribution in [2.75, 3.05) is 18.1 Å². The monoisotopic (exact) mass is 283 g/mol. The third-order valence-electron chi connectivity index (χ3n) is 2.65. The Kier molecular flexibility index (Phi) is 6.45. The van der Waals surface area contributed by atoms with Gasteiger partial charge in [-0.2, -0.15) is 0 Å². The SMILES string of the molecule is C=CCCC1C(NCCSOOO)CS1(=O)=O. The predicted molar refractivity (Wildman–Crippen MR) is 66.1 cm³/mol. The molecule has 1 rings (SSSR count). The van der Waals surface area contributed by atoms with Gasteiger partial charge in [0.15, 0.2) is 9.84 Å². The van der Waals surface area contributed by atoms with Crippen molar-refractivity contribution in [1.82, 2.24) is 5.32 Å². The van der Waals surface area contributed by atoms with Gasteiger partial charge in [0.05, 0.1) is 11.0 Å². The van der Waals surface area contributed by atoms with E-state index in [9.17, 15) is 8.42 Å². The maximum absolute atomic E-state index is 11.5. The second-order valence-corrected chi connectivity index (χ2v) is 6.80. The molecule has 0 aromatic heterocycles. The molecule has 1 aliphatic heterocycles. The largest absolute Gasteiger partial charge is 0.311 e. The highest BCUT2D eigenvalue weighted by atomic mass is 32.2. The molecule has 2 N–H and O–H groups in total. The smallest absolute Gasteiger partial charge is 0.156 e. The van der Waals surface area contributed by atoms with Crippen molar-refractivity contribution in [2.45, 2.75) is 24.1 Å². The normalized spacial score (nSPS) is 26.4. The Bertz CT molecular complexity index is 332. The first kappa shape index (κ1) is 14.9. The van der Waals surface area contributed by atoms with Gasteiger partial charge in [0.2, 0.25) is 0 Å². The molecular formula is C9H17NO5S2. The van der Waals surface area contributed by atoms with E-state index in [4.69, 9.17) is 5.26 Å². The highest BCUT2D eigenvalue weighted by molar-refractivity contribution is 7.94. The Morgan fingerprint density at radius 2 is 2.35 bits per heavy atom. The lowest BCUT2D eigenvalue weighted by Crippen LogP contribution is -2.59. The standard InChI is InChI=1S/C9H17NO5S2/c1-2-3-4-9-8(7-17(9,12)13)10-5-6-16-15-14-11/h2,8-11H,1,3-7H2. The molecule has 1 aliphatic rings. The number of allylic oxidation sites excluding steroid dienone is 1. The fourth-order valence-corrected chi connectivity index (χ4v) is 4.04. The van der Waals surface area contributed by atoms with Crippen LogP contribution in [0.25, 0.3) is 0 Å². The van der Waals surface area contributed by atoms with Crippen LogP contribution in [0.3, 0.4) is 0 Å². The van der Waals surface area contributed by atoms with Crippen LogP contribution in [0, 0.1) is 0 Å². The summed E-state index contributed by atoms with van der Waals surface area (Å²) in [6, 6.07) is 0.00981. The fraction of sp³-hybridized carbons (Fsp3) is 0.778. The van der Waals surface area contributed by atoms with Gasteiger partial charge in [-0.3, -0.25) is 0 Å². The quantitative estimate of drug-likeness (QED) is 0.213. The van der Waals surface area contributed by atoms with Crippen molar-refractivity contribution < 1.29 is 23.0 Å². The predicted octanol–water partition coefficient (Wildman–Crippen LogP) is 0.777. The van der Waals surface area contributed by atoms with E-state index in [2.05, 4.69) is 21.3 Å². The van der Waals surface area contributed by atoms with Crippen molar-refractivity contribution in [3.63, 3.8) is 0 Å². The molecule has 0 aromatic rings. The van der Waals surface area contributed by atoms with Crippen molar-refractivity contribution in [3.05, 3.63) is 12.7 Å². The minimum Gasteiger partial charge on any atom is -0.311 e. The van der Waals surface area contributed by atoms with Gasteiger partial charge in [-0.05, 0) is 12.8 Å². The van der Waals surface area contributed by atoms with Gasteiger partial charge in [0.25, 0.3) is 0 Å². The van der Waals surface area contributed by atoms with E-state index in [1.165, 1.54) is 0 Å². The number of sulfone groups is 1. The lowest BCUT2D eigenvalue weighted by molar-refractivity contribution is -0.432. The second-order valence-electron chi connectivity index (χ2n) is 3.76. The molecule has 0 spiro atoms. The summed E-state index contributed by atoms with van der Waals surface area (Å²) in [7, 11) is -2.90. The van der Waals surface area contributed by atoms with E-state index < -0.39 is 9.84 Å². The molecule has 8 heteroatoms. The molecule has 0 saturated carbocycles. The summed E-state index contributed by atoms with van der Waals surface area (Å²) in [5.74, 6) is 0.752. The molecule has 0 aromatic carbocycles. The Hall–Kier alpha value is -0.120. The van der Waals surface area contributed by atoms with E-state index in [0.717, 1.165) is 12.0 Å². The van der Waals surface area contributed by atoms with Crippen LogP contribution in [0.4, 0.5) is 0 Å². The zero-order valence-electron chi connectivity index (χ0n) is 9.37. The highest BCUT2D eigenvalue weighted by Gasteiger charge is 2.44. The molecule has 1 saturated heterocycles. The molecule has 100 valence electrons. The minimum atomic E-state index is -2.90. The van der Waals surface area contributed by atoms with Gasteiger partial charge in [0.1, 0.15) is 0 Å². The van der Waals surface area contributed by atoms with Crippen molar-refractivity contribution in [2.24, 2.45) is 0 Å². The van der Waals surface area contributed by atoms with Crippen LogP contribution in [-0.4, -0.2) is 43.0 Å². The number of rotatable bonds is 9. The molecular weight excluding hydrogens is 266 g/mol. The minimum absolute atomic E-state index is 0.00981. The average Bonchev–Trinajstić information content (AvgIpc) is 2.27. The lowest BCUT2D eigenvalue weighted by Gasteiger charge is -2.36. The molecule has 0 radical (unpaired) electrons. The molecule has 6 nitrogen and oxygen atoms in total. The first-order chi connectivity index (χ1) is 8.11. The summed E-state index contributed by atoms with van der Waals surface area (Å²) in [6.07, 6.45) is 3.05. The summed E-state index contributed by atoms with van der Waals surface area (Å²) in [4.78, 5) is 0. The molecule has 0 bridgehead atoms. The van der Waals surface area contributed by atoms with Gasteiger partial charge in [0, 0.05) is 30.4 Å².